The molecule has 0 aliphatic carbocycles. The number of rotatable bonds is 7. The largest absolute Gasteiger partial charge is 0.494 e. The second-order valence-electron chi connectivity index (χ2n) is 14.2. The summed E-state index contributed by atoms with van der Waals surface area (Å²) in [5.74, 6) is 0.709. The van der Waals surface area contributed by atoms with Crippen LogP contribution in [0.2, 0.25) is 0 Å². The van der Waals surface area contributed by atoms with Crippen LogP contribution in [0.5, 0.6) is 0 Å². The third-order valence-corrected chi connectivity index (χ3v) is 10.1. The fraction of sp³-hybridized carbons (Fsp3) is 0.130. The molecule has 6 aromatic carbocycles. The highest BCUT2D eigenvalue weighted by atomic mass is 16.7. The maximum absolute atomic E-state index is 6.35. The van der Waals surface area contributed by atoms with Crippen molar-refractivity contribution in [2.24, 2.45) is 0 Å². The van der Waals surface area contributed by atoms with E-state index in [9.17, 15) is 0 Å². The Morgan fingerprint density at radius 1 is 0.373 bits per heavy atom. The molecule has 0 N–H and O–H groups in total. The molecule has 51 heavy (non-hydrogen) atoms. The second-order valence-corrected chi connectivity index (χ2v) is 14.2. The molecule has 5 heteroatoms. The summed E-state index contributed by atoms with van der Waals surface area (Å²) >= 11 is 0. The van der Waals surface area contributed by atoms with Crippen molar-refractivity contribution in [1.29, 1.82) is 0 Å². The molecule has 0 amide bonds. The molecule has 1 aliphatic rings. The zero-order valence-electron chi connectivity index (χ0n) is 29.4. The molecule has 1 aliphatic heterocycles. The molecule has 4 nitrogen and oxygen atoms in total. The minimum atomic E-state index is -0.400. The van der Waals surface area contributed by atoms with E-state index in [-0.39, 0.29) is 11.2 Å². The molecule has 1 saturated heterocycles. The lowest BCUT2D eigenvalue weighted by atomic mass is 9.78. The van der Waals surface area contributed by atoms with E-state index >= 15 is 0 Å². The summed E-state index contributed by atoms with van der Waals surface area (Å²) in [6.45, 7) is 8.35. The Balaban J connectivity index is 1.11. The van der Waals surface area contributed by atoms with Crippen molar-refractivity contribution >= 4 is 12.6 Å². The van der Waals surface area contributed by atoms with Gasteiger partial charge in [0.25, 0.3) is 0 Å². The van der Waals surface area contributed by atoms with E-state index in [2.05, 4.69) is 155 Å². The summed E-state index contributed by atoms with van der Waals surface area (Å²) in [5, 5.41) is 0. The Bertz CT molecular complexity index is 2260. The van der Waals surface area contributed by atoms with E-state index in [1.165, 1.54) is 0 Å². The van der Waals surface area contributed by atoms with Crippen LogP contribution >= 0.6 is 0 Å². The van der Waals surface area contributed by atoms with Crippen molar-refractivity contribution in [2.45, 2.75) is 38.9 Å². The highest BCUT2D eigenvalue weighted by Gasteiger charge is 2.51. The maximum Gasteiger partial charge on any atom is 0.494 e. The van der Waals surface area contributed by atoms with Gasteiger partial charge in [0.05, 0.1) is 22.6 Å². The third-order valence-electron chi connectivity index (χ3n) is 10.1. The lowest BCUT2D eigenvalue weighted by Crippen LogP contribution is -2.41. The molecule has 1 fully saturated rings. The number of aromatic nitrogens is 2. The number of nitrogens with zero attached hydrogens (tertiary/aromatic N) is 2. The Labute approximate surface area is 301 Å². The van der Waals surface area contributed by atoms with Crippen molar-refractivity contribution < 1.29 is 9.31 Å². The smallest absolute Gasteiger partial charge is 0.399 e. The van der Waals surface area contributed by atoms with Gasteiger partial charge in [0.15, 0.2) is 5.82 Å². The summed E-state index contributed by atoms with van der Waals surface area (Å²) in [4.78, 5) is 10.0. The summed E-state index contributed by atoms with van der Waals surface area (Å²) in [5.41, 5.74) is 12.0. The topological polar surface area (TPSA) is 44.2 Å². The third kappa shape index (κ3) is 6.66. The zero-order chi connectivity index (χ0) is 35.0. The van der Waals surface area contributed by atoms with Crippen LogP contribution in [-0.4, -0.2) is 28.3 Å². The first-order valence-electron chi connectivity index (χ1n) is 17.5. The van der Waals surface area contributed by atoms with Gasteiger partial charge in [-0.25, -0.2) is 9.97 Å². The Morgan fingerprint density at radius 3 is 1.25 bits per heavy atom. The second kappa shape index (κ2) is 13.3. The van der Waals surface area contributed by atoms with E-state index in [0.29, 0.717) is 5.82 Å². The Morgan fingerprint density at radius 2 is 0.745 bits per heavy atom. The lowest BCUT2D eigenvalue weighted by molar-refractivity contribution is 0.00578. The predicted octanol–water partition coefficient (Wildman–Crippen LogP) is 10.8. The van der Waals surface area contributed by atoms with Gasteiger partial charge in [0, 0.05) is 16.7 Å². The van der Waals surface area contributed by atoms with Gasteiger partial charge < -0.3 is 9.31 Å². The average Bonchev–Trinajstić information content (AvgIpc) is 3.41. The van der Waals surface area contributed by atoms with Gasteiger partial charge in [-0.05, 0) is 90.8 Å². The molecule has 7 aromatic rings. The quantitative estimate of drug-likeness (QED) is 0.159. The van der Waals surface area contributed by atoms with E-state index < -0.39 is 7.12 Å². The van der Waals surface area contributed by atoms with E-state index in [1.807, 2.05) is 36.4 Å². The molecule has 0 unspecified atom stereocenters. The van der Waals surface area contributed by atoms with Crippen LogP contribution in [0.1, 0.15) is 27.7 Å². The van der Waals surface area contributed by atoms with Gasteiger partial charge in [0.1, 0.15) is 0 Å². The van der Waals surface area contributed by atoms with Crippen LogP contribution in [0.25, 0.3) is 67.3 Å². The molecule has 0 saturated carbocycles. The number of hydrogen-bond acceptors (Lipinski definition) is 4. The fourth-order valence-corrected chi connectivity index (χ4v) is 6.53. The SMILES string of the molecule is CC1(C)OB(c2cccc(-c3cccc(-c4cccc(-c5cccc(-c6cc(-c7ccccc7)nc(-c7ccccc7)n6)c5)c4)c3)c2)OC1(C)C. The normalized spacial score (nSPS) is 14.8. The highest BCUT2D eigenvalue weighted by Crippen LogP contribution is 2.37. The van der Waals surface area contributed by atoms with Gasteiger partial charge in [0.2, 0.25) is 0 Å². The zero-order valence-corrected chi connectivity index (χ0v) is 29.4. The van der Waals surface area contributed by atoms with Gasteiger partial charge in [-0.3, -0.25) is 0 Å². The van der Waals surface area contributed by atoms with Crippen molar-refractivity contribution in [3.05, 3.63) is 164 Å². The molecule has 2 heterocycles. The van der Waals surface area contributed by atoms with Crippen LogP contribution in [0.3, 0.4) is 0 Å². The van der Waals surface area contributed by atoms with E-state index in [4.69, 9.17) is 19.3 Å². The first-order valence-corrected chi connectivity index (χ1v) is 17.5. The molecule has 0 spiro atoms. The molecule has 248 valence electrons. The van der Waals surface area contributed by atoms with Gasteiger partial charge in [-0.15, -0.1) is 0 Å². The first-order chi connectivity index (χ1) is 24.7. The van der Waals surface area contributed by atoms with Gasteiger partial charge in [-0.2, -0.15) is 0 Å². The minimum Gasteiger partial charge on any atom is -0.399 e. The van der Waals surface area contributed by atoms with Crippen LogP contribution in [0, 0.1) is 0 Å². The van der Waals surface area contributed by atoms with Crippen molar-refractivity contribution in [3.63, 3.8) is 0 Å². The molecule has 1 aromatic heterocycles. The first kappa shape index (κ1) is 32.6. The summed E-state index contributed by atoms with van der Waals surface area (Å²) in [6.07, 6.45) is 0. The van der Waals surface area contributed by atoms with Crippen LogP contribution < -0.4 is 5.46 Å². The molecular formula is C46H39BN2O2. The van der Waals surface area contributed by atoms with E-state index in [1.54, 1.807) is 0 Å². The van der Waals surface area contributed by atoms with Crippen molar-refractivity contribution in [1.82, 2.24) is 9.97 Å². The van der Waals surface area contributed by atoms with Gasteiger partial charge >= 0.3 is 7.12 Å². The average molecular weight is 663 g/mol. The lowest BCUT2D eigenvalue weighted by Gasteiger charge is -2.32. The van der Waals surface area contributed by atoms with Crippen molar-refractivity contribution in [2.75, 3.05) is 0 Å². The number of hydrogen-bond donors (Lipinski definition) is 0. The van der Waals surface area contributed by atoms with Crippen LogP contribution in [-0.2, 0) is 9.31 Å². The monoisotopic (exact) mass is 662 g/mol. The van der Waals surface area contributed by atoms with E-state index in [0.717, 1.165) is 66.9 Å². The standard InChI is InChI=1S/C46H39BN2O2/c1-45(2)46(3,4)51-47(50-45)41-26-14-24-39(30-41)37-22-12-20-35(28-37)34-19-11-21-36(27-34)38-23-13-25-40(29-38)43-31-42(32-15-7-5-8-16-32)48-44(49-43)33-17-9-6-10-18-33/h5-31H,1-4H3. The fourth-order valence-electron chi connectivity index (χ4n) is 6.53. The van der Waals surface area contributed by atoms with Crippen LogP contribution in [0.15, 0.2) is 164 Å². The Kier molecular flexibility index (Phi) is 8.47. The van der Waals surface area contributed by atoms with Gasteiger partial charge in [-0.1, -0.05) is 140 Å². The minimum absolute atomic E-state index is 0.386. The summed E-state index contributed by atoms with van der Waals surface area (Å²) in [6, 6.07) is 57.2. The molecule has 0 bridgehead atoms. The summed E-state index contributed by atoms with van der Waals surface area (Å²) < 4.78 is 12.7. The number of benzene rings is 6. The molecule has 8 rings (SSSR count). The maximum atomic E-state index is 6.35. The molecule has 0 atom stereocenters. The Hall–Kier alpha value is -5.62. The molecule has 0 radical (unpaired) electrons. The molecular weight excluding hydrogens is 623 g/mol. The highest BCUT2D eigenvalue weighted by molar-refractivity contribution is 6.62. The van der Waals surface area contributed by atoms with Crippen molar-refractivity contribution in [3.8, 4) is 67.3 Å². The summed E-state index contributed by atoms with van der Waals surface area (Å²) in [7, 11) is -0.400. The predicted molar refractivity (Wildman–Crippen MR) is 210 cm³/mol. The van der Waals surface area contributed by atoms with Crippen LogP contribution in [0.4, 0.5) is 0 Å².